The molecule has 1 amide bonds. The topological polar surface area (TPSA) is 64.4 Å². The Morgan fingerprint density at radius 3 is 2.29 bits per heavy atom. The fourth-order valence-corrected chi connectivity index (χ4v) is 1.49. The Bertz CT molecular complexity index is 652. The second-order valence-corrected chi connectivity index (χ2v) is 5.03. The molecule has 0 aliphatic heterocycles. The molecule has 2 rings (SSSR count). The second-order valence-electron chi connectivity index (χ2n) is 5.03. The van der Waals surface area contributed by atoms with Gasteiger partial charge in [0.2, 0.25) is 0 Å². The predicted octanol–water partition coefficient (Wildman–Crippen LogP) is 5.15. The average molecular weight is 344 g/mol. The van der Waals surface area contributed by atoms with Gasteiger partial charge < -0.3 is 9.26 Å². The summed E-state index contributed by atoms with van der Waals surface area (Å²) in [6.45, 7) is 5.92. The summed E-state index contributed by atoms with van der Waals surface area (Å²) >= 11 is 0. The molecular weight excluding hydrogens is 325 g/mol. The highest BCUT2D eigenvalue weighted by Gasteiger charge is 2.51. The van der Waals surface area contributed by atoms with Crippen molar-refractivity contribution in [2.24, 2.45) is 0 Å². The minimum atomic E-state index is -4.51. The molecule has 0 aliphatic carbocycles. The summed E-state index contributed by atoms with van der Waals surface area (Å²) in [7, 11) is 0. The van der Waals surface area contributed by atoms with Crippen molar-refractivity contribution in [3.8, 4) is 5.75 Å². The maximum Gasteiger partial charge on any atom is 0.418 e. The molecule has 0 radical (unpaired) electrons. The number of carbonyl (C=O) groups is 1. The number of nitrogens with zero attached hydrogens (tertiary/aromatic N) is 1. The second kappa shape index (κ2) is 7.85. The molecule has 1 aromatic carbocycles. The number of anilines is 1. The van der Waals surface area contributed by atoms with Crippen molar-refractivity contribution >= 4 is 11.9 Å². The normalized spacial score (nSPS) is 11.3. The highest BCUT2D eigenvalue weighted by Crippen LogP contribution is 2.40. The van der Waals surface area contributed by atoms with Crippen LogP contribution in [0.15, 0.2) is 40.9 Å². The Morgan fingerprint density at radius 2 is 1.75 bits per heavy atom. The number of carbonyl (C=O) groups excluding carboxylic acids is 1. The van der Waals surface area contributed by atoms with Crippen molar-refractivity contribution in [1.29, 1.82) is 0 Å². The molecule has 1 N–H and O–H groups in total. The minimum absolute atomic E-state index is 0.159. The fourth-order valence-electron chi connectivity index (χ4n) is 1.49. The van der Waals surface area contributed by atoms with E-state index in [1.54, 1.807) is 30.3 Å². The van der Waals surface area contributed by atoms with Gasteiger partial charge in [-0.25, -0.2) is 4.79 Å². The standard InChI is InChI=1S/C14H13F3N2O3.C2H6/c1-13(2,14(15,16)17)10-8-11(19-22-10)18-12(20)21-9-6-4-3-5-7-9;1-2/h3-8H,1-2H3,(H,18,19,20);1-2H3. The van der Waals surface area contributed by atoms with Crippen molar-refractivity contribution < 1.29 is 27.2 Å². The van der Waals surface area contributed by atoms with Gasteiger partial charge in [-0.1, -0.05) is 37.2 Å². The number of para-hydroxylation sites is 1. The average Bonchev–Trinajstić information content (AvgIpc) is 2.98. The van der Waals surface area contributed by atoms with Gasteiger partial charge in [0.25, 0.3) is 0 Å². The molecule has 0 unspecified atom stereocenters. The van der Waals surface area contributed by atoms with Crippen LogP contribution in [-0.2, 0) is 5.41 Å². The molecule has 0 saturated heterocycles. The Labute approximate surface area is 137 Å². The highest BCUT2D eigenvalue weighted by molar-refractivity contribution is 5.85. The molecule has 132 valence electrons. The summed E-state index contributed by atoms with van der Waals surface area (Å²) in [5, 5.41) is 5.59. The number of hydrogen-bond donors (Lipinski definition) is 1. The lowest BCUT2D eigenvalue weighted by Gasteiger charge is -2.24. The van der Waals surface area contributed by atoms with Crippen LogP contribution < -0.4 is 10.1 Å². The first kappa shape index (κ1) is 19.5. The summed E-state index contributed by atoms with van der Waals surface area (Å²) < 4.78 is 48.2. The van der Waals surface area contributed by atoms with Crippen molar-refractivity contribution in [3.63, 3.8) is 0 Å². The van der Waals surface area contributed by atoms with Crippen LogP contribution >= 0.6 is 0 Å². The number of amides is 1. The van der Waals surface area contributed by atoms with Crippen LogP contribution in [0.25, 0.3) is 0 Å². The summed E-state index contributed by atoms with van der Waals surface area (Å²) in [5.41, 5.74) is -2.22. The number of ether oxygens (including phenoxy) is 1. The van der Waals surface area contributed by atoms with E-state index in [-0.39, 0.29) is 5.82 Å². The van der Waals surface area contributed by atoms with Crippen LogP contribution in [0.2, 0.25) is 0 Å². The van der Waals surface area contributed by atoms with Gasteiger partial charge in [-0.2, -0.15) is 13.2 Å². The zero-order chi connectivity index (χ0) is 18.4. The van der Waals surface area contributed by atoms with Crippen LogP contribution in [0.4, 0.5) is 23.8 Å². The molecule has 0 saturated carbocycles. The number of aromatic nitrogens is 1. The van der Waals surface area contributed by atoms with E-state index in [0.29, 0.717) is 5.75 Å². The van der Waals surface area contributed by atoms with Gasteiger partial charge in [-0.15, -0.1) is 0 Å². The van der Waals surface area contributed by atoms with E-state index in [4.69, 9.17) is 4.74 Å². The van der Waals surface area contributed by atoms with Gasteiger partial charge in [0, 0.05) is 6.07 Å². The number of rotatable bonds is 3. The molecule has 8 heteroatoms. The molecule has 0 spiro atoms. The molecule has 0 bridgehead atoms. The Hall–Kier alpha value is -2.51. The van der Waals surface area contributed by atoms with E-state index in [2.05, 4.69) is 15.0 Å². The summed E-state index contributed by atoms with van der Waals surface area (Å²) in [6.07, 6.45) is -5.38. The number of halogens is 3. The van der Waals surface area contributed by atoms with Gasteiger partial charge in [0.05, 0.1) is 0 Å². The van der Waals surface area contributed by atoms with E-state index < -0.39 is 23.4 Å². The quantitative estimate of drug-likeness (QED) is 0.836. The third-order valence-corrected chi connectivity index (χ3v) is 3.02. The van der Waals surface area contributed by atoms with E-state index in [9.17, 15) is 18.0 Å². The van der Waals surface area contributed by atoms with Crippen molar-refractivity contribution in [2.75, 3.05) is 5.32 Å². The maximum atomic E-state index is 12.9. The van der Waals surface area contributed by atoms with Crippen LogP contribution in [0, 0.1) is 0 Å². The highest BCUT2D eigenvalue weighted by atomic mass is 19.4. The smallest absolute Gasteiger partial charge is 0.410 e. The lowest BCUT2D eigenvalue weighted by Crippen LogP contribution is -2.35. The molecule has 1 aromatic heterocycles. The SMILES string of the molecule is CC.CC(C)(c1cc(NC(=O)Oc2ccccc2)no1)C(F)(F)F. The van der Waals surface area contributed by atoms with Crippen molar-refractivity contribution in [2.45, 2.75) is 39.3 Å². The van der Waals surface area contributed by atoms with E-state index in [1.165, 1.54) is 0 Å². The zero-order valence-corrected chi connectivity index (χ0v) is 13.8. The first-order valence-electron chi connectivity index (χ1n) is 7.28. The van der Waals surface area contributed by atoms with Gasteiger partial charge >= 0.3 is 12.3 Å². The monoisotopic (exact) mass is 344 g/mol. The van der Waals surface area contributed by atoms with Gasteiger partial charge in [-0.05, 0) is 26.0 Å². The molecule has 0 atom stereocenters. The summed E-state index contributed by atoms with van der Waals surface area (Å²) in [5.74, 6) is -0.275. The van der Waals surface area contributed by atoms with Crippen LogP contribution in [0.3, 0.4) is 0 Å². The number of hydrogen-bond acceptors (Lipinski definition) is 4. The minimum Gasteiger partial charge on any atom is -0.410 e. The molecule has 24 heavy (non-hydrogen) atoms. The molecule has 0 fully saturated rings. The Kier molecular flexibility index (Phi) is 6.39. The first-order chi connectivity index (χ1) is 11.2. The Balaban J connectivity index is 0.00000139. The molecule has 2 aromatic rings. The Morgan fingerprint density at radius 1 is 1.17 bits per heavy atom. The first-order valence-corrected chi connectivity index (χ1v) is 7.28. The summed E-state index contributed by atoms with van der Waals surface area (Å²) in [4.78, 5) is 11.6. The van der Waals surface area contributed by atoms with E-state index in [1.807, 2.05) is 13.8 Å². The van der Waals surface area contributed by atoms with Gasteiger partial charge in [-0.3, -0.25) is 5.32 Å². The van der Waals surface area contributed by atoms with Crippen LogP contribution in [0.5, 0.6) is 5.75 Å². The summed E-state index contributed by atoms with van der Waals surface area (Å²) in [6, 6.07) is 9.21. The molecular formula is C16H19F3N2O3. The van der Waals surface area contributed by atoms with Crippen molar-refractivity contribution in [3.05, 3.63) is 42.2 Å². The predicted molar refractivity (Wildman–Crippen MR) is 83.0 cm³/mol. The van der Waals surface area contributed by atoms with E-state index >= 15 is 0 Å². The van der Waals surface area contributed by atoms with Crippen LogP contribution in [0.1, 0.15) is 33.5 Å². The third-order valence-electron chi connectivity index (χ3n) is 3.02. The fraction of sp³-hybridized carbons (Fsp3) is 0.375. The van der Waals surface area contributed by atoms with Crippen LogP contribution in [-0.4, -0.2) is 17.4 Å². The largest absolute Gasteiger partial charge is 0.418 e. The lowest BCUT2D eigenvalue weighted by molar-refractivity contribution is -0.185. The molecule has 5 nitrogen and oxygen atoms in total. The maximum absolute atomic E-state index is 12.9. The number of alkyl halides is 3. The molecule has 0 aliphatic rings. The lowest BCUT2D eigenvalue weighted by atomic mass is 9.89. The number of benzene rings is 1. The third kappa shape index (κ3) is 4.74. The zero-order valence-electron chi connectivity index (χ0n) is 13.8. The number of nitrogens with one attached hydrogen (secondary N) is 1. The van der Waals surface area contributed by atoms with E-state index in [0.717, 1.165) is 19.9 Å². The van der Waals surface area contributed by atoms with Crippen molar-refractivity contribution in [1.82, 2.24) is 5.16 Å². The molecule has 1 heterocycles. The van der Waals surface area contributed by atoms with Gasteiger partial charge in [0.15, 0.2) is 11.6 Å². The van der Waals surface area contributed by atoms with Gasteiger partial charge in [0.1, 0.15) is 11.2 Å².